The quantitative estimate of drug-likeness (QED) is 0.755. The van der Waals surface area contributed by atoms with E-state index < -0.39 is 0 Å². The number of benzene rings is 1. The Morgan fingerprint density at radius 2 is 1.86 bits per heavy atom. The topological polar surface area (TPSA) is 32.7 Å². The summed E-state index contributed by atoms with van der Waals surface area (Å²) in [5.41, 5.74) is 0.826. The molecule has 3 nitrogen and oxygen atoms in total. The minimum atomic E-state index is 0.196. The van der Waals surface area contributed by atoms with Gasteiger partial charge in [0, 0.05) is 35.8 Å². The lowest BCUT2D eigenvalue weighted by molar-refractivity contribution is 0.155. The third-order valence-corrected chi connectivity index (χ3v) is 3.99. The molecule has 0 saturated heterocycles. The Bertz CT molecular complexity index is 445. The number of phenols is 1. The predicted molar refractivity (Wildman–Crippen MR) is 89.3 cm³/mol. The first-order chi connectivity index (χ1) is 9.92. The molecule has 0 heterocycles. The molecule has 0 bridgehead atoms. The van der Waals surface area contributed by atoms with E-state index in [4.69, 9.17) is 16.3 Å². The van der Waals surface area contributed by atoms with Crippen LogP contribution in [0, 0.1) is 5.92 Å². The largest absolute Gasteiger partial charge is 0.504 e. The SMILES string of the molecule is CCC(CC)N(Cc1cc(Cl)cc(OC)c1O)CC(C)C. The number of hydrogen-bond acceptors (Lipinski definition) is 3. The van der Waals surface area contributed by atoms with Gasteiger partial charge in [0.25, 0.3) is 0 Å². The minimum absolute atomic E-state index is 0.196. The van der Waals surface area contributed by atoms with Crippen molar-refractivity contribution < 1.29 is 9.84 Å². The third kappa shape index (κ3) is 5.08. The van der Waals surface area contributed by atoms with E-state index in [9.17, 15) is 5.11 Å². The fourth-order valence-electron chi connectivity index (χ4n) is 2.74. The molecule has 0 fully saturated rings. The highest BCUT2D eigenvalue weighted by atomic mass is 35.5. The molecule has 1 aromatic carbocycles. The summed E-state index contributed by atoms with van der Waals surface area (Å²) >= 11 is 6.13. The molecule has 0 atom stereocenters. The molecule has 21 heavy (non-hydrogen) atoms. The summed E-state index contributed by atoms with van der Waals surface area (Å²) in [5.74, 6) is 1.21. The summed E-state index contributed by atoms with van der Waals surface area (Å²) in [6, 6.07) is 3.98. The van der Waals surface area contributed by atoms with E-state index in [0.717, 1.165) is 24.9 Å². The van der Waals surface area contributed by atoms with Crippen LogP contribution in [0.5, 0.6) is 11.5 Å². The second-order valence-electron chi connectivity index (χ2n) is 5.91. The van der Waals surface area contributed by atoms with E-state index in [-0.39, 0.29) is 5.75 Å². The maximum absolute atomic E-state index is 10.3. The van der Waals surface area contributed by atoms with Crippen molar-refractivity contribution in [1.82, 2.24) is 4.90 Å². The second kappa shape index (κ2) is 8.50. The first-order valence-electron chi connectivity index (χ1n) is 7.72. The van der Waals surface area contributed by atoms with Crippen molar-refractivity contribution in [2.75, 3.05) is 13.7 Å². The van der Waals surface area contributed by atoms with E-state index >= 15 is 0 Å². The fourth-order valence-corrected chi connectivity index (χ4v) is 2.97. The van der Waals surface area contributed by atoms with Gasteiger partial charge in [-0.25, -0.2) is 0 Å². The first kappa shape index (κ1) is 18.1. The van der Waals surface area contributed by atoms with Gasteiger partial charge in [0.05, 0.1) is 7.11 Å². The van der Waals surface area contributed by atoms with E-state index in [2.05, 4.69) is 32.6 Å². The molecule has 0 saturated carbocycles. The Labute approximate surface area is 133 Å². The summed E-state index contributed by atoms with van der Waals surface area (Å²) < 4.78 is 5.19. The predicted octanol–water partition coefficient (Wildman–Crippen LogP) is 4.70. The average Bonchev–Trinajstić information content (AvgIpc) is 2.43. The number of ether oxygens (including phenoxy) is 1. The summed E-state index contributed by atoms with van der Waals surface area (Å²) in [4.78, 5) is 2.43. The highest BCUT2D eigenvalue weighted by Gasteiger charge is 2.19. The molecule has 0 aromatic heterocycles. The van der Waals surface area contributed by atoms with Gasteiger partial charge in [-0.1, -0.05) is 39.3 Å². The van der Waals surface area contributed by atoms with Gasteiger partial charge in [-0.15, -0.1) is 0 Å². The van der Waals surface area contributed by atoms with Gasteiger partial charge in [0.1, 0.15) is 0 Å². The van der Waals surface area contributed by atoms with Crippen LogP contribution in [-0.2, 0) is 6.54 Å². The van der Waals surface area contributed by atoms with Gasteiger partial charge in [0.2, 0.25) is 0 Å². The first-order valence-corrected chi connectivity index (χ1v) is 8.10. The minimum Gasteiger partial charge on any atom is -0.504 e. The van der Waals surface area contributed by atoms with Gasteiger partial charge >= 0.3 is 0 Å². The van der Waals surface area contributed by atoms with Gasteiger partial charge < -0.3 is 9.84 Å². The van der Waals surface area contributed by atoms with Gasteiger partial charge in [-0.2, -0.15) is 0 Å². The van der Waals surface area contributed by atoms with Crippen molar-refractivity contribution in [2.45, 2.75) is 53.1 Å². The molecule has 0 amide bonds. The monoisotopic (exact) mass is 313 g/mol. The molecule has 0 aliphatic heterocycles. The average molecular weight is 314 g/mol. The maximum atomic E-state index is 10.3. The normalized spacial score (nSPS) is 11.7. The number of aromatic hydroxyl groups is 1. The van der Waals surface area contributed by atoms with Crippen molar-refractivity contribution in [3.05, 3.63) is 22.7 Å². The smallest absolute Gasteiger partial charge is 0.162 e. The molecule has 4 heteroatoms. The van der Waals surface area contributed by atoms with Crippen LogP contribution in [0.2, 0.25) is 5.02 Å². The van der Waals surface area contributed by atoms with Crippen LogP contribution in [-0.4, -0.2) is 29.7 Å². The molecular weight excluding hydrogens is 286 g/mol. The van der Waals surface area contributed by atoms with Crippen molar-refractivity contribution in [1.29, 1.82) is 0 Å². The molecule has 0 spiro atoms. The fraction of sp³-hybridized carbons (Fsp3) is 0.647. The van der Waals surface area contributed by atoms with Crippen molar-refractivity contribution in [3.63, 3.8) is 0 Å². The van der Waals surface area contributed by atoms with E-state index in [1.54, 1.807) is 13.2 Å². The molecule has 1 aromatic rings. The zero-order chi connectivity index (χ0) is 16.0. The maximum Gasteiger partial charge on any atom is 0.162 e. The molecule has 0 aliphatic carbocycles. The summed E-state index contributed by atoms with van der Waals surface area (Å²) in [5, 5.41) is 10.9. The Balaban J connectivity index is 3.05. The molecule has 120 valence electrons. The second-order valence-corrected chi connectivity index (χ2v) is 6.35. The summed E-state index contributed by atoms with van der Waals surface area (Å²) in [6.45, 7) is 10.5. The number of methoxy groups -OCH3 is 1. The Kier molecular flexibility index (Phi) is 7.33. The standard InChI is InChI=1S/C17H28ClNO2/c1-6-15(7-2)19(10-12(3)4)11-13-8-14(18)9-16(21-5)17(13)20/h8-9,12,15,20H,6-7,10-11H2,1-5H3. The van der Waals surface area contributed by atoms with Crippen molar-refractivity contribution in [2.24, 2.45) is 5.92 Å². The van der Waals surface area contributed by atoms with Crippen LogP contribution in [0.25, 0.3) is 0 Å². The molecule has 0 unspecified atom stereocenters. The number of nitrogens with zero attached hydrogens (tertiary/aromatic N) is 1. The molecule has 1 rings (SSSR count). The van der Waals surface area contributed by atoms with E-state index in [1.807, 2.05) is 6.07 Å². The van der Waals surface area contributed by atoms with Crippen molar-refractivity contribution >= 4 is 11.6 Å². The Hall–Kier alpha value is -0.930. The van der Waals surface area contributed by atoms with Gasteiger partial charge in [-0.05, 0) is 24.8 Å². The molecular formula is C17H28ClNO2. The van der Waals surface area contributed by atoms with Gasteiger partial charge in [-0.3, -0.25) is 4.90 Å². The molecule has 1 N–H and O–H groups in total. The number of rotatable bonds is 8. The Morgan fingerprint density at radius 3 is 2.33 bits per heavy atom. The summed E-state index contributed by atoms with van der Waals surface area (Å²) in [7, 11) is 1.54. The third-order valence-electron chi connectivity index (χ3n) is 3.77. The van der Waals surface area contributed by atoms with E-state index in [0.29, 0.717) is 29.3 Å². The lowest BCUT2D eigenvalue weighted by Crippen LogP contribution is -2.36. The van der Waals surface area contributed by atoms with Crippen LogP contribution in [0.3, 0.4) is 0 Å². The Morgan fingerprint density at radius 1 is 1.24 bits per heavy atom. The van der Waals surface area contributed by atoms with Crippen LogP contribution in [0.4, 0.5) is 0 Å². The van der Waals surface area contributed by atoms with Crippen LogP contribution < -0.4 is 4.74 Å². The zero-order valence-electron chi connectivity index (χ0n) is 13.8. The highest BCUT2D eigenvalue weighted by Crippen LogP contribution is 2.34. The van der Waals surface area contributed by atoms with Crippen molar-refractivity contribution in [3.8, 4) is 11.5 Å². The van der Waals surface area contributed by atoms with E-state index in [1.165, 1.54) is 0 Å². The number of hydrogen-bond donors (Lipinski definition) is 1. The number of halogens is 1. The molecule has 0 aliphatic rings. The number of phenolic OH excluding ortho intramolecular Hbond substituents is 1. The van der Waals surface area contributed by atoms with Crippen LogP contribution >= 0.6 is 11.6 Å². The zero-order valence-corrected chi connectivity index (χ0v) is 14.6. The van der Waals surface area contributed by atoms with Crippen LogP contribution in [0.1, 0.15) is 46.1 Å². The lowest BCUT2D eigenvalue weighted by Gasteiger charge is -2.32. The lowest BCUT2D eigenvalue weighted by atomic mass is 10.1. The highest BCUT2D eigenvalue weighted by molar-refractivity contribution is 6.30. The van der Waals surface area contributed by atoms with Crippen LogP contribution in [0.15, 0.2) is 12.1 Å². The summed E-state index contributed by atoms with van der Waals surface area (Å²) in [6.07, 6.45) is 2.20. The molecule has 0 radical (unpaired) electrons. The van der Waals surface area contributed by atoms with Gasteiger partial charge in [0.15, 0.2) is 11.5 Å².